The summed E-state index contributed by atoms with van der Waals surface area (Å²) in [5, 5.41) is 2.85. The molecule has 0 aromatic heterocycles. The molecule has 0 bridgehead atoms. The Balaban J connectivity index is 2.04. The molecule has 0 fully saturated rings. The van der Waals surface area contributed by atoms with Gasteiger partial charge in [-0.3, -0.25) is 13.9 Å². The molecule has 3 aromatic rings. The van der Waals surface area contributed by atoms with E-state index < -0.39 is 28.5 Å². The van der Waals surface area contributed by atoms with E-state index in [2.05, 4.69) is 21.2 Å². The van der Waals surface area contributed by atoms with Crippen LogP contribution >= 0.6 is 15.9 Å². The van der Waals surface area contributed by atoms with Crippen molar-refractivity contribution >= 4 is 43.5 Å². The molecular weight excluding hydrogens is 554 g/mol. The molecule has 2 amide bonds. The van der Waals surface area contributed by atoms with Gasteiger partial charge in [0.05, 0.1) is 11.9 Å². The summed E-state index contributed by atoms with van der Waals surface area (Å²) in [5.74, 6) is -0.764. The van der Waals surface area contributed by atoms with Crippen LogP contribution in [-0.2, 0) is 32.6 Å². The van der Waals surface area contributed by atoms with Crippen LogP contribution in [0.25, 0.3) is 0 Å². The number of anilines is 1. The van der Waals surface area contributed by atoms with Gasteiger partial charge in [-0.15, -0.1) is 0 Å². The van der Waals surface area contributed by atoms with E-state index >= 15 is 0 Å². The Bertz CT molecular complexity index is 1330. The third-order valence-electron chi connectivity index (χ3n) is 5.83. The van der Waals surface area contributed by atoms with E-state index in [9.17, 15) is 18.0 Å². The van der Waals surface area contributed by atoms with Crippen molar-refractivity contribution < 1.29 is 18.0 Å². The molecule has 37 heavy (non-hydrogen) atoms. The minimum Gasteiger partial charge on any atom is -0.355 e. The van der Waals surface area contributed by atoms with Crippen molar-refractivity contribution in [2.24, 2.45) is 0 Å². The van der Waals surface area contributed by atoms with Crippen LogP contribution in [0.3, 0.4) is 0 Å². The standard InChI is InChI=1S/C28H32BrN3O4S/c1-4-30-28(34)26(17-22-11-6-5-7-12-22)31(19-23-13-8-10-21(2)16-23)27(33)20-32(37(3,35)36)25-15-9-14-24(29)18-25/h5-16,18,26H,4,17,19-20H2,1-3H3,(H,30,34)/t26-/m0/s1. The number of halogens is 1. The van der Waals surface area contributed by atoms with Crippen LogP contribution in [-0.4, -0.2) is 50.5 Å². The van der Waals surface area contributed by atoms with Crippen molar-refractivity contribution in [1.29, 1.82) is 0 Å². The Morgan fingerprint density at radius 2 is 1.62 bits per heavy atom. The summed E-state index contributed by atoms with van der Waals surface area (Å²) in [7, 11) is -3.79. The molecule has 7 nitrogen and oxygen atoms in total. The number of carbonyl (C=O) groups excluding carboxylic acids is 2. The summed E-state index contributed by atoms with van der Waals surface area (Å²) in [4.78, 5) is 28.7. The fourth-order valence-corrected chi connectivity index (χ4v) is 5.33. The lowest BCUT2D eigenvalue weighted by Crippen LogP contribution is -2.53. The Kier molecular flexibility index (Phi) is 9.88. The summed E-state index contributed by atoms with van der Waals surface area (Å²) in [5.41, 5.74) is 3.13. The summed E-state index contributed by atoms with van der Waals surface area (Å²) < 4.78 is 27.3. The molecule has 0 saturated carbocycles. The number of nitrogens with one attached hydrogen (secondary N) is 1. The van der Waals surface area contributed by atoms with Crippen LogP contribution in [0.2, 0.25) is 0 Å². The van der Waals surface area contributed by atoms with Gasteiger partial charge < -0.3 is 10.2 Å². The van der Waals surface area contributed by atoms with Crippen molar-refractivity contribution in [3.63, 3.8) is 0 Å². The molecule has 3 rings (SSSR count). The lowest BCUT2D eigenvalue weighted by atomic mass is 10.0. The first-order valence-electron chi connectivity index (χ1n) is 12.0. The van der Waals surface area contributed by atoms with Crippen LogP contribution in [0, 0.1) is 6.92 Å². The number of benzene rings is 3. The zero-order chi connectivity index (χ0) is 27.0. The second-order valence-electron chi connectivity index (χ2n) is 8.86. The van der Waals surface area contributed by atoms with Gasteiger partial charge in [0.1, 0.15) is 12.6 Å². The van der Waals surface area contributed by atoms with Crippen LogP contribution in [0.5, 0.6) is 0 Å². The SMILES string of the molecule is CCNC(=O)[C@H](Cc1ccccc1)N(Cc1cccc(C)c1)C(=O)CN(c1cccc(Br)c1)S(C)(=O)=O. The number of rotatable bonds is 11. The van der Waals surface area contributed by atoms with E-state index in [1.807, 2.05) is 68.4 Å². The van der Waals surface area contributed by atoms with Crippen LogP contribution in [0.4, 0.5) is 5.69 Å². The molecule has 3 aromatic carbocycles. The van der Waals surface area contributed by atoms with Crippen LogP contribution < -0.4 is 9.62 Å². The fourth-order valence-electron chi connectivity index (χ4n) is 4.10. The molecule has 9 heteroatoms. The highest BCUT2D eigenvalue weighted by Crippen LogP contribution is 2.23. The van der Waals surface area contributed by atoms with Gasteiger partial charge in [0.2, 0.25) is 21.8 Å². The Morgan fingerprint density at radius 3 is 2.24 bits per heavy atom. The van der Waals surface area contributed by atoms with E-state index in [-0.39, 0.29) is 12.5 Å². The zero-order valence-electron chi connectivity index (χ0n) is 21.2. The maximum Gasteiger partial charge on any atom is 0.244 e. The monoisotopic (exact) mass is 585 g/mol. The molecule has 0 spiro atoms. The summed E-state index contributed by atoms with van der Waals surface area (Å²) in [6.45, 7) is 3.91. The zero-order valence-corrected chi connectivity index (χ0v) is 23.6. The van der Waals surface area contributed by atoms with Crippen molar-refractivity contribution in [2.45, 2.75) is 32.9 Å². The minimum atomic E-state index is -3.79. The van der Waals surface area contributed by atoms with Crippen molar-refractivity contribution in [3.8, 4) is 0 Å². The molecular formula is C28H32BrN3O4S. The largest absolute Gasteiger partial charge is 0.355 e. The lowest BCUT2D eigenvalue weighted by molar-refractivity contribution is -0.140. The van der Waals surface area contributed by atoms with Gasteiger partial charge in [-0.1, -0.05) is 82.2 Å². The van der Waals surface area contributed by atoms with E-state index in [0.717, 1.165) is 27.3 Å². The Morgan fingerprint density at radius 1 is 0.946 bits per heavy atom. The number of carbonyl (C=O) groups is 2. The van der Waals surface area contributed by atoms with Gasteiger partial charge in [-0.2, -0.15) is 0 Å². The lowest BCUT2D eigenvalue weighted by Gasteiger charge is -2.33. The van der Waals surface area contributed by atoms with Crippen LogP contribution in [0.15, 0.2) is 83.3 Å². The molecule has 0 aliphatic heterocycles. The number of nitrogens with zero attached hydrogens (tertiary/aromatic N) is 2. The topological polar surface area (TPSA) is 86.8 Å². The normalized spacial score (nSPS) is 12.0. The molecule has 0 radical (unpaired) electrons. The quantitative estimate of drug-likeness (QED) is 0.363. The molecule has 196 valence electrons. The van der Waals surface area contributed by atoms with Gasteiger partial charge in [0.15, 0.2) is 0 Å². The number of hydrogen-bond acceptors (Lipinski definition) is 4. The highest BCUT2D eigenvalue weighted by Gasteiger charge is 2.32. The van der Waals surface area contributed by atoms with Crippen LogP contribution in [0.1, 0.15) is 23.6 Å². The molecule has 0 aliphatic rings. The van der Waals surface area contributed by atoms with Gasteiger partial charge in [0.25, 0.3) is 0 Å². The Hall–Kier alpha value is -3.17. The Labute approximate surface area is 227 Å². The fraction of sp³-hybridized carbons (Fsp3) is 0.286. The third-order valence-corrected chi connectivity index (χ3v) is 7.47. The number of likely N-dealkylation sites (N-methyl/N-ethyl adjacent to an activating group) is 1. The maximum atomic E-state index is 13.9. The third kappa shape index (κ3) is 8.16. The second-order valence-corrected chi connectivity index (χ2v) is 11.7. The van der Waals surface area contributed by atoms with Gasteiger partial charge in [-0.25, -0.2) is 8.42 Å². The van der Waals surface area contributed by atoms with Gasteiger partial charge in [-0.05, 0) is 43.2 Å². The predicted octanol–water partition coefficient (Wildman–Crippen LogP) is 4.30. The van der Waals surface area contributed by atoms with Crippen molar-refractivity contribution in [2.75, 3.05) is 23.7 Å². The summed E-state index contributed by atoms with van der Waals surface area (Å²) in [6, 6.07) is 23.1. The highest BCUT2D eigenvalue weighted by atomic mass is 79.9. The number of hydrogen-bond donors (Lipinski definition) is 1. The minimum absolute atomic E-state index is 0.158. The smallest absolute Gasteiger partial charge is 0.244 e. The average molecular weight is 587 g/mol. The molecule has 0 saturated heterocycles. The highest BCUT2D eigenvalue weighted by molar-refractivity contribution is 9.10. The van der Waals surface area contributed by atoms with Crippen molar-refractivity contribution in [1.82, 2.24) is 10.2 Å². The summed E-state index contributed by atoms with van der Waals surface area (Å²) >= 11 is 3.37. The predicted molar refractivity (Wildman–Crippen MR) is 151 cm³/mol. The van der Waals surface area contributed by atoms with E-state index in [4.69, 9.17) is 0 Å². The first kappa shape index (κ1) is 28.4. The second kappa shape index (κ2) is 12.9. The van der Waals surface area contributed by atoms with E-state index in [1.165, 1.54) is 4.90 Å². The first-order chi connectivity index (χ1) is 17.6. The number of aryl methyl sites for hydroxylation is 1. The molecule has 1 N–H and O–H groups in total. The van der Waals surface area contributed by atoms with E-state index in [1.54, 1.807) is 24.3 Å². The number of sulfonamides is 1. The molecule has 1 atom stereocenters. The number of amides is 2. The van der Waals surface area contributed by atoms with Crippen molar-refractivity contribution in [3.05, 3.63) is 100 Å². The maximum absolute atomic E-state index is 13.9. The molecule has 0 unspecified atom stereocenters. The summed E-state index contributed by atoms with van der Waals surface area (Å²) in [6.07, 6.45) is 1.36. The van der Waals surface area contributed by atoms with Gasteiger partial charge >= 0.3 is 0 Å². The first-order valence-corrected chi connectivity index (χ1v) is 14.6. The molecule has 0 aliphatic carbocycles. The molecule has 0 heterocycles. The van der Waals surface area contributed by atoms with E-state index in [0.29, 0.717) is 23.1 Å². The average Bonchev–Trinajstić information content (AvgIpc) is 2.84. The van der Waals surface area contributed by atoms with Gasteiger partial charge in [0, 0.05) is 24.0 Å².